The normalized spacial score (nSPS) is 19.8. The van der Waals surface area contributed by atoms with Crippen molar-refractivity contribution in [3.8, 4) is 16.9 Å². The number of aryl methyl sites for hydroxylation is 1. The van der Waals surface area contributed by atoms with Gasteiger partial charge in [-0.1, -0.05) is 13.8 Å². The van der Waals surface area contributed by atoms with E-state index >= 15 is 0 Å². The van der Waals surface area contributed by atoms with Crippen LogP contribution in [0.15, 0.2) is 70.9 Å². The number of hydrogen-bond donors (Lipinski definition) is 3. The molecule has 2 saturated heterocycles. The average molecular weight is 747 g/mol. The Kier molecular flexibility index (Phi) is 10.4. The zero-order valence-corrected chi connectivity index (χ0v) is 31.7. The molecule has 0 bridgehead atoms. The minimum Gasteiger partial charge on any atom is -0.392 e. The van der Waals surface area contributed by atoms with Gasteiger partial charge in [0.25, 0.3) is 11.1 Å². The molecule has 3 aliphatic rings. The maximum Gasteiger partial charge on any atom is 0.280 e. The highest BCUT2D eigenvalue weighted by Crippen LogP contribution is 2.46. The standard InChI is InChI=1S/C37H42N8O5.2H2S/c1-22-17-42(26-20-50-21-26)9-10-43(22)25-5-6-31(39-16-25)40-29-13-24(18-41(4)35(29)48)27-7-8-38-34(28(27)19-46)45-12-11-44-30(36(45)49)14-23-15-37(2,3)33(47)32(23)44;;/h5-8,11-14,16,18,22,26,33,46-47H,9-10,15,17,19-21H2,1-4H3,(H,39,40);2*1H2/t22-,33+;;/m0../s1. The monoisotopic (exact) mass is 746 g/mol. The smallest absolute Gasteiger partial charge is 0.280 e. The van der Waals surface area contributed by atoms with Gasteiger partial charge in [0.05, 0.1) is 49.5 Å². The van der Waals surface area contributed by atoms with Crippen LogP contribution in [0.2, 0.25) is 0 Å². The highest BCUT2D eigenvalue weighted by molar-refractivity contribution is 7.59. The number of aliphatic hydroxyl groups is 2. The second-order valence-corrected chi connectivity index (χ2v) is 14.5. The molecule has 0 spiro atoms. The van der Waals surface area contributed by atoms with Gasteiger partial charge in [0.2, 0.25) is 0 Å². The van der Waals surface area contributed by atoms with Crippen molar-refractivity contribution in [2.75, 3.05) is 43.1 Å². The molecule has 8 rings (SSSR count). The largest absolute Gasteiger partial charge is 0.392 e. The fraction of sp³-hybridized carbons (Fsp3) is 0.405. The molecule has 5 aromatic rings. The first-order valence-corrected chi connectivity index (χ1v) is 17.1. The molecule has 3 N–H and O–H groups in total. The molecule has 2 atom stereocenters. The number of anilines is 3. The van der Waals surface area contributed by atoms with Gasteiger partial charge in [-0.3, -0.25) is 19.1 Å². The van der Waals surface area contributed by atoms with Gasteiger partial charge in [-0.05, 0) is 54.8 Å². The minimum absolute atomic E-state index is 0. The van der Waals surface area contributed by atoms with Gasteiger partial charge < -0.3 is 34.1 Å². The number of ether oxygens (including phenoxy) is 1. The molecule has 7 heterocycles. The van der Waals surface area contributed by atoms with Gasteiger partial charge in [0.15, 0.2) is 0 Å². The number of nitrogens with zero attached hydrogens (tertiary/aromatic N) is 7. The lowest BCUT2D eigenvalue weighted by molar-refractivity contribution is -0.0691. The number of piperazine rings is 1. The van der Waals surface area contributed by atoms with Crippen LogP contribution in [0.25, 0.3) is 22.5 Å². The number of rotatable bonds is 7. The third-order valence-corrected chi connectivity index (χ3v) is 10.7. The molecule has 5 aromatic heterocycles. The summed E-state index contributed by atoms with van der Waals surface area (Å²) in [6.45, 7) is 10.4. The van der Waals surface area contributed by atoms with Crippen LogP contribution in [0, 0.1) is 5.41 Å². The second-order valence-electron chi connectivity index (χ2n) is 14.5. The maximum atomic E-state index is 13.8. The van der Waals surface area contributed by atoms with Gasteiger partial charge in [-0.25, -0.2) is 9.97 Å². The number of aliphatic hydroxyl groups excluding tert-OH is 2. The number of hydrogen-bond acceptors (Lipinski definition) is 10. The Hall–Kier alpha value is -4.12. The summed E-state index contributed by atoms with van der Waals surface area (Å²) in [6.07, 6.45) is 8.47. The zero-order valence-electron chi connectivity index (χ0n) is 29.7. The summed E-state index contributed by atoms with van der Waals surface area (Å²) in [5.74, 6) is 0.822. The molecule has 276 valence electrons. The molecule has 52 heavy (non-hydrogen) atoms. The Bertz CT molecular complexity index is 2230. The van der Waals surface area contributed by atoms with E-state index in [4.69, 9.17) is 4.74 Å². The SMILES string of the molecule is C[C@H]1CN(C2COC2)CCN1c1ccc(Nc2cc(-c3ccnc(-n4ccn5c6c(cc5c4=O)CC(C)(C)[C@@H]6O)c3CO)cn(C)c2=O)nc1.S.S. The first-order chi connectivity index (χ1) is 24.0. The fourth-order valence-corrected chi connectivity index (χ4v) is 7.78. The molecule has 15 heteroatoms. The third-order valence-electron chi connectivity index (χ3n) is 10.7. The van der Waals surface area contributed by atoms with Crippen molar-refractivity contribution in [2.24, 2.45) is 12.5 Å². The van der Waals surface area contributed by atoms with Gasteiger partial charge in [-0.2, -0.15) is 27.0 Å². The van der Waals surface area contributed by atoms with Crippen LogP contribution in [0.5, 0.6) is 0 Å². The molecular formula is C37H46N8O5S2. The first kappa shape index (κ1) is 37.6. The lowest BCUT2D eigenvalue weighted by Gasteiger charge is -2.46. The van der Waals surface area contributed by atoms with Crippen molar-refractivity contribution in [1.29, 1.82) is 0 Å². The Morgan fingerprint density at radius 1 is 1.04 bits per heavy atom. The van der Waals surface area contributed by atoms with Crippen LogP contribution in [0.3, 0.4) is 0 Å². The lowest BCUT2D eigenvalue weighted by atomic mass is 9.88. The molecule has 0 saturated carbocycles. The summed E-state index contributed by atoms with van der Waals surface area (Å²) in [5, 5.41) is 24.8. The average Bonchev–Trinajstić information content (AvgIpc) is 3.54. The predicted molar refractivity (Wildman–Crippen MR) is 211 cm³/mol. The second kappa shape index (κ2) is 14.4. The summed E-state index contributed by atoms with van der Waals surface area (Å²) >= 11 is 0. The van der Waals surface area contributed by atoms with E-state index in [0.29, 0.717) is 52.2 Å². The topological polar surface area (TPSA) is 142 Å². The van der Waals surface area contributed by atoms with Crippen LogP contribution in [-0.4, -0.2) is 83.5 Å². The van der Waals surface area contributed by atoms with Gasteiger partial charge in [-0.15, -0.1) is 0 Å². The summed E-state index contributed by atoms with van der Waals surface area (Å²) in [6, 6.07) is 10.1. The molecule has 2 aliphatic heterocycles. The van der Waals surface area contributed by atoms with E-state index in [1.807, 2.05) is 38.2 Å². The van der Waals surface area contributed by atoms with Crippen molar-refractivity contribution in [2.45, 2.75) is 52.0 Å². The zero-order chi connectivity index (χ0) is 34.9. The summed E-state index contributed by atoms with van der Waals surface area (Å²) in [5.41, 5.74) is 4.31. The molecule has 1 aliphatic carbocycles. The highest BCUT2D eigenvalue weighted by Gasteiger charge is 2.40. The van der Waals surface area contributed by atoms with Crippen molar-refractivity contribution in [3.63, 3.8) is 0 Å². The molecule has 0 unspecified atom stereocenters. The van der Waals surface area contributed by atoms with Gasteiger partial charge in [0, 0.05) is 74.1 Å². The summed E-state index contributed by atoms with van der Waals surface area (Å²) in [4.78, 5) is 41.2. The fourth-order valence-electron chi connectivity index (χ4n) is 7.78. The van der Waals surface area contributed by atoms with Crippen molar-refractivity contribution in [3.05, 3.63) is 98.8 Å². The highest BCUT2D eigenvalue weighted by atomic mass is 32.1. The maximum absolute atomic E-state index is 13.8. The minimum atomic E-state index is -0.692. The quantitative estimate of drug-likeness (QED) is 0.227. The number of nitrogens with one attached hydrogen (secondary N) is 1. The van der Waals surface area contributed by atoms with Crippen molar-refractivity contribution < 1.29 is 14.9 Å². The molecular weight excluding hydrogens is 701 g/mol. The Morgan fingerprint density at radius 2 is 1.83 bits per heavy atom. The van der Waals surface area contributed by atoms with Crippen molar-refractivity contribution >= 4 is 49.7 Å². The van der Waals surface area contributed by atoms with E-state index in [9.17, 15) is 19.8 Å². The van der Waals surface area contributed by atoms with E-state index in [1.54, 1.807) is 48.4 Å². The molecule has 2 fully saturated rings. The lowest BCUT2D eigenvalue weighted by Crippen LogP contribution is -2.59. The van der Waals surface area contributed by atoms with E-state index in [1.165, 1.54) is 9.13 Å². The van der Waals surface area contributed by atoms with Gasteiger partial charge >= 0.3 is 0 Å². The van der Waals surface area contributed by atoms with E-state index < -0.39 is 12.7 Å². The van der Waals surface area contributed by atoms with Crippen LogP contribution in [0.4, 0.5) is 17.2 Å². The molecule has 0 amide bonds. The van der Waals surface area contributed by atoms with E-state index in [0.717, 1.165) is 49.8 Å². The first-order valence-electron chi connectivity index (χ1n) is 17.1. The predicted octanol–water partition coefficient (Wildman–Crippen LogP) is 3.23. The van der Waals surface area contributed by atoms with Crippen LogP contribution < -0.4 is 21.3 Å². The summed E-state index contributed by atoms with van der Waals surface area (Å²) in [7, 11) is 1.67. The Morgan fingerprint density at radius 3 is 2.50 bits per heavy atom. The van der Waals surface area contributed by atoms with E-state index in [2.05, 4.69) is 32.0 Å². The van der Waals surface area contributed by atoms with Crippen LogP contribution in [0.1, 0.15) is 43.7 Å². The molecule has 13 nitrogen and oxygen atoms in total. The number of pyridine rings is 3. The summed E-state index contributed by atoms with van der Waals surface area (Å²) < 4.78 is 10.0. The van der Waals surface area contributed by atoms with E-state index in [-0.39, 0.29) is 49.3 Å². The van der Waals surface area contributed by atoms with Crippen LogP contribution in [-0.2, 0) is 24.8 Å². The van der Waals surface area contributed by atoms with Crippen molar-refractivity contribution in [1.82, 2.24) is 28.4 Å². The van der Waals surface area contributed by atoms with Crippen LogP contribution >= 0.6 is 27.0 Å². The molecule has 0 aromatic carbocycles. The molecule has 0 radical (unpaired) electrons. The number of aromatic nitrogens is 5. The third kappa shape index (κ3) is 6.32. The Balaban J connectivity index is 0.00000232. The Labute approximate surface area is 315 Å². The number of fused-ring (bicyclic) bond motifs is 3. The van der Waals surface area contributed by atoms with Gasteiger partial charge in [0.1, 0.15) is 22.8 Å².